The molecule has 0 radical (unpaired) electrons. The highest BCUT2D eigenvalue weighted by molar-refractivity contribution is 9.10. The molecular formula is C8H6BrN3O2. The molecule has 5 nitrogen and oxygen atoms in total. The van der Waals surface area contributed by atoms with Crippen LogP contribution >= 0.6 is 15.9 Å². The SMILES string of the molecule is NC1=NC(=O)OC1c1cncc(Br)c1. The minimum atomic E-state index is -0.660. The van der Waals surface area contributed by atoms with Gasteiger partial charge in [0.2, 0.25) is 0 Å². The number of pyridine rings is 1. The first-order valence-corrected chi connectivity index (χ1v) is 4.61. The minimum Gasteiger partial charge on any atom is -0.431 e. The molecule has 6 heteroatoms. The Balaban J connectivity index is 2.33. The summed E-state index contributed by atoms with van der Waals surface area (Å²) >= 11 is 3.26. The van der Waals surface area contributed by atoms with Gasteiger partial charge in [-0.1, -0.05) is 0 Å². The lowest BCUT2D eigenvalue weighted by molar-refractivity contribution is 0.149. The van der Waals surface area contributed by atoms with Crippen molar-refractivity contribution < 1.29 is 9.53 Å². The van der Waals surface area contributed by atoms with Crippen molar-refractivity contribution in [1.29, 1.82) is 0 Å². The van der Waals surface area contributed by atoms with E-state index in [1.807, 2.05) is 0 Å². The van der Waals surface area contributed by atoms with Crippen LogP contribution in [0.15, 0.2) is 27.9 Å². The number of rotatable bonds is 1. The van der Waals surface area contributed by atoms with Gasteiger partial charge in [-0.05, 0) is 22.0 Å². The topological polar surface area (TPSA) is 77.6 Å². The van der Waals surface area contributed by atoms with Crippen molar-refractivity contribution in [3.63, 3.8) is 0 Å². The highest BCUT2D eigenvalue weighted by atomic mass is 79.9. The number of nitrogens with zero attached hydrogens (tertiary/aromatic N) is 2. The maximum Gasteiger partial charge on any atom is 0.436 e. The van der Waals surface area contributed by atoms with Crippen LogP contribution in [-0.2, 0) is 4.74 Å². The van der Waals surface area contributed by atoms with Gasteiger partial charge in [0.25, 0.3) is 0 Å². The Morgan fingerprint density at radius 2 is 2.29 bits per heavy atom. The summed E-state index contributed by atoms with van der Waals surface area (Å²) in [4.78, 5) is 18.2. The molecule has 0 fully saturated rings. The lowest BCUT2D eigenvalue weighted by Crippen LogP contribution is -2.18. The van der Waals surface area contributed by atoms with E-state index in [9.17, 15) is 4.79 Å². The molecular weight excluding hydrogens is 250 g/mol. The Bertz CT molecular complexity index is 419. The maximum atomic E-state index is 10.8. The number of ether oxygens (including phenoxy) is 1. The Kier molecular flexibility index (Phi) is 2.20. The number of hydrogen-bond acceptors (Lipinski definition) is 4. The molecule has 2 rings (SSSR count). The summed E-state index contributed by atoms with van der Waals surface area (Å²) in [6.07, 6.45) is 1.95. The molecule has 72 valence electrons. The number of aromatic nitrogens is 1. The molecule has 1 unspecified atom stereocenters. The second kappa shape index (κ2) is 3.38. The van der Waals surface area contributed by atoms with Gasteiger partial charge in [-0.2, -0.15) is 4.99 Å². The molecule has 0 saturated heterocycles. The zero-order valence-electron chi connectivity index (χ0n) is 6.98. The van der Waals surface area contributed by atoms with Gasteiger partial charge in [-0.15, -0.1) is 0 Å². The fourth-order valence-electron chi connectivity index (χ4n) is 1.16. The molecule has 2 heterocycles. The van der Waals surface area contributed by atoms with E-state index < -0.39 is 12.2 Å². The number of halogens is 1. The van der Waals surface area contributed by atoms with Crippen LogP contribution in [0.4, 0.5) is 4.79 Å². The number of nitrogens with two attached hydrogens (primary N) is 1. The highest BCUT2D eigenvalue weighted by Gasteiger charge is 2.27. The number of amides is 1. The van der Waals surface area contributed by atoms with Gasteiger partial charge >= 0.3 is 6.09 Å². The van der Waals surface area contributed by atoms with Gasteiger partial charge in [-0.25, -0.2) is 4.79 Å². The zero-order valence-corrected chi connectivity index (χ0v) is 8.56. The molecule has 14 heavy (non-hydrogen) atoms. The summed E-state index contributed by atoms with van der Waals surface area (Å²) < 4.78 is 5.68. The summed E-state index contributed by atoms with van der Waals surface area (Å²) in [6.45, 7) is 0. The van der Waals surface area contributed by atoms with Crippen LogP contribution in [0.1, 0.15) is 11.7 Å². The molecule has 0 bridgehead atoms. The average molecular weight is 256 g/mol. The van der Waals surface area contributed by atoms with Crippen LogP contribution in [0.5, 0.6) is 0 Å². The van der Waals surface area contributed by atoms with Gasteiger partial charge in [-0.3, -0.25) is 4.98 Å². The lowest BCUT2D eigenvalue weighted by Gasteiger charge is -2.08. The molecule has 2 N–H and O–H groups in total. The van der Waals surface area contributed by atoms with Gasteiger partial charge in [0.15, 0.2) is 11.9 Å². The van der Waals surface area contributed by atoms with E-state index in [4.69, 9.17) is 10.5 Å². The fraction of sp³-hybridized carbons (Fsp3) is 0.125. The molecule has 0 spiro atoms. The summed E-state index contributed by atoms with van der Waals surface area (Å²) in [5.41, 5.74) is 6.21. The van der Waals surface area contributed by atoms with Crippen molar-refractivity contribution in [2.75, 3.05) is 0 Å². The maximum absolute atomic E-state index is 10.8. The number of cyclic esters (lactones) is 1. The third kappa shape index (κ3) is 1.60. The Morgan fingerprint density at radius 3 is 2.86 bits per heavy atom. The second-order valence-electron chi connectivity index (χ2n) is 2.74. The first-order valence-electron chi connectivity index (χ1n) is 3.82. The summed E-state index contributed by atoms with van der Waals surface area (Å²) in [5.74, 6) is 0.162. The van der Waals surface area contributed by atoms with Crippen molar-refractivity contribution in [3.05, 3.63) is 28.5 Å². The molecule has 0 aliphatic carbocycles. The van der Waals surface area contributed by atoms with Gasteiger partial charge < -0.3 is 10.5 Å². The third-order valence-electron chi connectivity index (χ3n) is 1.74. The number of amidine groups is 1. The number of carbonyl (C=O) groups is 1. The van der Waals surface area contributed by atoms with E-state index in [-0.39, 0.29) is 5.84 Å². The van der Waals surface area contributed by atoms with Gasteiger partial charge in [0.1, 0.15) is 0 Å². The molecule has 0 saturated carbocycles. The van der Waals surface area contributed by atoms with Crippen LogP contribution in [0.25, 0.3) is 0 Å². The lowest BCUT2D eigenvalue weighted by atomic mass is 10.1. The van der Waals surface area contributed by atoms with Crippen molar-refractivity contribution >= 4 is 27.9 Å². The Morgan fingerprint density at radius 1 is 1.50 bits per heavy atom. The van der Waals surface area contributed by atoms with Crippen LogP contribution < -0.4 is 5.73 Å². The molecule has 1 aliphatic heterocycles. The van der Waals surface area contributed by atoms with E-state index in [1.165, 1.54) is 0 Å². The normalized spacial score (nSPS) is 20.5. The first-order chi connectivity index (χ1) is 6.66. The number of carbonyl (C=O) groups excluding carboxylic acids is 1. The van der Waals surface area contributed by atoms with E-state index in [0.717, 1.165) is 4.47 Å². The largest absolute Gasteiger partial charge is 0.436 e. The highest BCUT2D eigenvalue weighted by Crippen LogP contribution is 2.24. The first kappa shape index (κ1) is 9.14. The molecule has 1 aliphatic rings. The molecule has 0 aromatic carbocycles. The van der Waals surface area contributed by atoms with Crippen molar-refractivity contribution in [2.45, 2.75) is 6.10 Å². The standard InChI is InChI=1S/C8H6BrN3O2/c9-5-1-4(2-11-3-5)6-7(10)12-8(13)14-6/h1-3,6H,(H2,10,12,13). The van der Waals surface area contributed by atoms with Crippen molar-refractivity contribution in [1.82, 2.24) is 4.98 Å². The average Bonchev–Trinajstić information content (AvgIpc) is 2.45. The van der Waals surface area contributed by atoms with E-state index in [2.05, 4.69) is 25.9 Å². The Hall–Kier alpha value is -1.43. The zero-order chi connectivity index (χ0) is 10.1. The van der Waals surface area contributed by atoms with Crippen LogP contribution in [0.3, 0.4) is 0 Å². The monoisotopic (exact) mass is 255 g/mol. The number of aliphatic imine (C=N–C) groups is 1. The smallest absolute Gasteiger partial charge is 0.431 e. The Labute approximate surface area is 88.1 Å². The van der Waals surface area contributed by atoms with E-state index >= 15 is 0 Å². The van der Waals surface area contributed by atoms with Crippen molar-refractivity contribution in [3.8, 4) is 0 Å². The van der Waals surface area contributed by atoms with E-state index in [1.54, 1.807) is 18.5 Å². The summed E-state index contributed by atoms with van der Waals surface area (Å²) in [6, 6.07) is 1.78. The minimum absolute atomic E-state index is 0.162. The van der Waals surface area contributed by atoms with Crippen LogP contribution in [0, 0.1) is 0 Å². The number of hydrogen-bond donors (Lipinski definition) is 1. The predicted molar refractivity (Wildman–Crippen MR) is 52.8 cm³/mol. The van der Waals surface area contributed by atoms with E-state index in [0.29, 0.717) is 5.56 Å². The molecule has 1 aromatic rings. The fourth-order valence-corrected chi connectivity index (χ4v) is 1.54. The van der Waals surface area contributed by atoms with Gasteiger partial charge in [0, 0.05) is 22.4 Å². The van der Waals surface area contributed by atoms with Crippen LogP contribution in [-0.4, -0.2) is 16.9 Å². The molecule has 1 aromatic heterocycles. The third-order valence-corrected chi connectivity index (χ3v) is 2.17. The predicted octanol–water partition coefficient (Wildman–Crippen LogP) is 1.39. The quantitative estimate of drug-likeness (QED) is 0.823. The van der Waals surface area contributed by atoms with Crippen LogP contribution in [0.2, 0.25) is 0 Å². The summed E-state index contributed by atoms with van der Waals surface area (Å²) in [7, 11) is 0. The second-order valence-corrected chi connectivity index (χ2v) is 3.65. The molecule has 1 amide bonds. The van der Waals surface area contributed by atoms with Crippen molar-refractivity contribution in [2.24, 2.45) is 10.7 Å². The van der Waals surface area contributed by atoms with Gasteiger partial charge in [0.05, 0.1) is 0 Å². The summed E-state index contributed by atoms with van der Waals surface area (Å²) in [5, 5.41) is 0. The molecule has 1 atom stereocenters.